The topological polar surface area (TPSA) is 86.8 Å². The summed E-state index contributed by atoms with van der Waals surface area (Å²) in [5, 5.41) is 2.78. The molecule has 0 spiro atoms. The fourth-order valence-corrected chi connectivity index (χ4v) is 5.09. The number of anilines is 1. The van der Waals surface area contributed by atoms with Crippen molar-refractivity contribution in [1.82, 2.24) is 10.2 Å². The average Bonchev–Trinajstić information content (AvgIpc) is 2.90. The van der Waals surface area contributed by atoms with Crippen LogP contribution < -0.4 is 9.62 Å². The van der Waals surface area contributed by atoms with E-state index in [0.29, 0.717) is 6.54 Å². The van der Waals surface area contributed by atoms with Gasteiger partial charge in [-0.15, -0.1) is 0 Å². The first-order valence-electron chi connectivity index (χ1n) is 11.7. The summed E-state index contributed by atoms with van der Waals surface area (Å²) < 4.78 is 42.7. The summed E-state index contributed by atoms with van der Waals surface area (Å²) in [6, 6.07) is 21.1. The summed E-state index contributed by atoms with van der Waals surface area (Å²) in [6.07, 6.45) is 0.724. The van der Waals surface area contributed by atoms with Crippen LogP contribution >= 0.6 is 0 Å². The number of benzene rings is 3. The monoisotopic (exact) mass is 511 g/mol. The molecule has 0 radical (unpaired) electrons. The molecule has 9 heteroatoms. The molecule has 1 N–H and O–H groups in total. The SMILES string of the molecule is CCCNC(=O)C(C)N(Cc1ccccc1)C(=O)CN(c1ccccc1F)S(=O)(=O)c1ccccc1. The lowest BCUT2D eigenvalue weighted by Gasteiger charge is -2.32. The first-order valence-corrected chi connectivity index (χ1v) is 13.1. The van der Waals surface area contributed by atoms with Gasteiger partial charge in [0.05, 0.1) is 10.6 Å². The van der Waals surface area contributed by atoms with Crippen molar-refractivity contribution in [3.63, 3.8) is 0 Å². The highest BCUT2D eigenvalue weighted by molar-refractivity contribution is 7.92. The molecule has 0 aliphatic heterocycles. The van der Waals surface area contributed by atoms with E-state index in [4.69, 9.17) is 0 Å². The van der Waals surface area contributed by atoms with Crippen LogP contribution in [0.4, 0.5) is 10.1 Å². The zero-order valence-electron chi connectivity index (χ0n) is 20.3. The van der Waals surface area contributed by atoms with E-state index in [1.165, 1.54) is 35.2 Å². The maximum Gasteiger partial charge on any atom is 0.264 e. The van der Waals surface area contributed by atoms with Crippen molar-refractivity contribution >= 4 is 27.5 Å². The smallest absolute Gasteiger partial charge is 0.264 e. The number of sulfonamides is 1. The van der Waals surface area contributed by atoms with Crippen LogP contribution in [0, 0.1) is 5.82 Å². The Bertz CT molecular complexity index is 1270. The van der Waals surface area contributed by atoms with Crippen molar-refractivity contribution in [3.8, 4) is 0 Å². The molecule has 3 aromatic carbocycles. The quantitative estimate of drug-likeness (QED) is 0.422. The van der Waals surface area contributed by atoms with Crippen molar-refractivity contribution in [3.05, 3.63) is 96.3 Å². The zero-order valence-corrected chi connectivity index (χ0v) is 21.1. The third-order valence-electron chi connectivity index (χ3n) is 5.64. The number of hydrogen-bond acceptors (Lipinski definition) is 4. The first-order chi connectivity index (χ1) is 17.3. The molecule has 0 aliphatic carbocycles. The molecule has 36 heavy (non-hydrogen) atoms. The Hall–Kier alpha value is -3.72. The van der Waals surface area contributed by atoms with Gasteiger partial charge in [0.2, 0.25) is 11.8 Å². The summed E-state index contributed by atoms with van der Waals surface area (Å²) in [6.45, 7) is 3.34. The lowest BCUT2D eigenvalue weighted by atomic mass is 10.1. The van der Waals surface area contributed by atoms with Crippen LogP contribution in [0.2, 0.25) is 0 Å². The molecule has 1 atom stereocenters. The van der Waals surface area contributed by atoms with Gasteiger partial charge in [0.15, 0.2) is 0 Å². The standard InChI is InChI=1S/C27H30FN3O4S/c1-3-18-29-27(33)21(2)30(19-22-12-6-4-7-13-22)26(32)20-31(25-17-11-10-16-24(25)28)36(34,35)23-14-8-5-9-15-23/h4-17,21H,3,18-20H2,1-2H3,(H,29,33). The number of carbonyl (C=O) groups excluding carboxylic acids is 2. The molecule has 1 unspecified atom stereocenters. The van der Waals surface area contributed by atoms with Gasteiger partial charge in [-0.25, -0.2) is 12.8 Å². The molecular formula is C27H30FN3O4S. The van der Waals surface area contributed by atoms with Crippen LogP contribution in [-0.2, 0) is 26.2 Å². The highest BCUT2D eigenvalue weighted by Gasteiger charge is 2.33. The predicted octanol–water partition coefficient (Wildman–Crippen LogP) is 3.96. The van der Waals surface area contributed by atoms with E-state index < -0.39 is 34.3 Å². The van der Waals surface area contributed by atoms with Crippen LogP contribution in [-0.4, -0.2) is 44.3 Å². The third-order valence-corrected chi connectivity index (χ3v) is 7.42. The minimum atomic E-state index is -4.29. The maximum absolute atomic E-state index is 14.8. The van der Waals surface area contributed by atoms with Crippen LogP contribution in [0.1, 0.15) is 25.8 Å². The number of nitrogens with zero attached hydrogens (tertiary/aromatic N) is 2. The van der Waals surface area contributed by atoms with Crippen LogP contribution in [0.25, 0.3) is 0 Å². The molecule has 190 valence electrons. The summed E-state index contributed by atoms with van der Waals surface area (Å²) in [5.41, 5.74) is 0.516. The van der Waals surface area contributed by atoms with Gasteiger partial charge in [-0.2, -0.15) is 0 Å². The Morgan fingerprint density at radius 1 is 0.917 bits per heavy atom. The Balaban J connectivity index is 2.00. The van der Waals surface area contributed by atoms with E-state index in [2.05, 4.69) is 5.32 Å². The minimum Gasteiger partial charge on any atom is -0.354 e. The molecule has 3 aromatic rings. The molecule has 0 fully saturated rings. The summed E-state index contributed by atoms with van der Waals surface area (Å²) in [4.78, 5) is 27.7. The van der Waals surface area contributed by atoms with E-state index in [-0.39, 0.29) is 23.0 Å². The number of hydrogen-bond donors (Lipinski definition) is 1. The largest absolute Gasteiger partial charge is 0.354 e. The van der Waals surface area contributed by atoms with Gasteiger partial charge in [0.1, 0.15) is 18.4 Å². The molecule has 0 saturated carbocycles. The molecule has 0 aromatic heterocycles. The van der Waals surface area contributed by atoms with Gasteiger partial charge in [-0.3, -0.25) is 13.9 Å². The van der Waals surface area contributed by atoms with Gasteiger partial charge in [-0.1, -0.05) is 67.6 Å². The van der Waals surface area contributed by atoms with Gasteiger partial charge >= 0.3 is 0 Å². The van der Waals surface area contributed by atoms with E-state index in [0.717, 1.165) is 22.4 Å². The zero-order chi connectivity index (χ0) is 26.1. The summed E-state index contributed by atoms with van der Waals surface area (Å²) >= 11 is 0. The molecule has 3 rings (SSSR count). The third kappa shape index (κ3) is 6.48. The minimum absolute atomic E-state index is 0.0793. The number of amides is 2. The summed E-state index contributed by atoms with van der Waals surface area (Å²) in [7, 11) is -4.29. The van der Waals surface area contributed by atoms with Crippen LogP contribution in [0.15, 0.2) is 89.8 Å². The van der Waals surface area contributed by atoms with Crippen molar-refractivity contribution in [2.45, 2.75) is 37.8 Å². The fourth-order valence-electron chi connectivity index (χ4n) is 3.65. The molecule has 0 bridgehead atoms. The second-order valence-corrected chi connectivity index (χ2v) is 10.1. The van der Waals surface area contributed by atoms with E-state index in [1.807, 2.05) is 37.3 Å². The molecule has 0 aliphatic rings. The van der Waals surface area contributed by atoms with Crippen LogP contribution in [0.5, 0.6) is 0 Å². The Kier molecular flexibility index (Phi) is 9.19. The Morgan fingerprint density at radius 2 is 1.50 bits per heavy atom. The lowest BCUT2D eigenvalue weighted by molar-refractivity contribution is -0.139. The Labute approximate surface area is 211 Å². The van der Waals surface area contributed by atoms with Crippen molar-refractivity contribution < 1.29 is 22.4 Å². The predicted molar refractivity (Wildman–Crippen MR) is 137 cm³/mol. The lowest BCUT2D eigenvalue weighted by Crippen LogP contribution is -2.51. The van der Waals surface area contributed by atoms with Gasteiger partial charge in [0, 0.05) is 13.1 Å². The van der Waals surface area contributed by atoms with Gasteiger partial charge in [0.25, 0.3) is 10.0 Å². The normalized spacial score (nSPS) is 12.0. The van der Waals surface area contributed by atoms with E-state index in [1.54, 1.807) is 25.1 Å². The maximum atomic E-state index is 14.8. The van der Waals surface area contributed by atoms with E-state index >= 15 is 0 Å². The van der Waals surface area contributed by atoms with E-state index in [9.17, 15) is 22.4 Å². The number of nitrogens with one attached hydrogen (secondary N) is 1. The molecule has 0 saturated heterocycles. The number of para-hydroxylation sites is 1. The van der Waals surface area contributed by atoms with Crippen molar-refractivity contribution in [2.75, 3.05) is 17.4 Å². The van der Waals surface area contributed by atoms with Crippen LogP contribution in [0.3, 0.4) is 0 Å². The van der Waals surface area contributed by atoms with Crippen molar-refractivity contribution in [1.29, 1.82) is 0 Å². The Morgan fingerprint density at radius 3 is 2.11 bits per heavy atom. The highest BCUT2D eigenvalue weighted by atomic mass is 32.2. The molecule has 0 heterocycles. The van der Waals surface area contributed by atoms with Crippen molar-refractivity contribution in [2.24, 2.45) is 0 Å². The fraction of sp³-hybridized carbons (Fsp3) is 0.259. The number of halogens is 1. The first kappa shape index (κ1) is 26.9. The van der Waals surface area contributed by atoms with Gasteiger partial charge in [-0.05, 0) is 43.2 Å². The number of rotatable bonds is 11. The number of carbonyl (C=O) groups is 2. The van der Waals surface area contributed by atoms with Gasteiger partial charge < -0.3 is 10.2 Å². The molecule has 2 amide bonds. The molecule has 7 nitrogen and oxygen atoms in total. The molecular weight excluding hydrogens is 481 g/mol. The summed E-state index contributed by atoms with van der Waals surface area (Å²) in [5.74, 6) is -1.78. The average molecular weight is 512 g/mol. The second-order valence-electron chi connectivity index (χ2n) is 8.25. The highest BCUT2D eigenvalue weighted by Crippen LogP contribution is 2.26. The second kappa shape index (κ2) is 12.3.